The van der Waals surface area contributed by atoms with E-state index in [0.29, 0.717) is 12.5 Å². The van der Waals surface area contributed by atoms with Gasteiger partial charge in [-0.05, 0) is 45.5 Å². The first-order valence-corrected chi connectivity index (χ1v) is 8.81. The number of nitrogens with zero attached hydrogens (tertiary/aromatic N) is 3. The highest BCUT2D eigenvalue weighted by Crippen LogP contribution is 2.20. The molecule has 1 saturated heterocycles. The number of halogens is 1. The summed E-state index contributed by atoms with van der Waals surface area (Å²) < 4.78 is 13.8. The third-order valence-corrected chi connectivity index (χ3v) is 4.70. The van der Waals surface area contributed by atoms with Crippen molar-refractivity contribution in [1.29, 1.82) is 0 Å². The number of likely N-dealkylation sites (N-methyl/N-ethyl adjacent to an activating group) is 1. The maximum Gasteiger partial charge on any atom is 0.219 e. The van der Waals surface area contributed by atoms with Crippen LogP contribution in [0.1, 0.15) is 25.3 Å². The van der Waals surface area contributed by atoms with E-state index in [4.69, 9.17) is 0 Å². The van der Waals surface area contributed by atoms with Gasteiger partial charge in [-0.15, -0.1) is 0 Å². The molecule has 1 heterocycles. The van der Waals surface area contributed by atoms with Crippen LogP contribution in [-0.2, 0) is 11.3 Å². The quantitative estimate of drug-likeness (QED) is 0.766. The van der Waals surface area contributed by atoms with Crippen molar-refractivity contribution in [1.82, 2.24) is 14.7 Å². The summed E-state index contributed by atoms with van der Waals surface area (Å²) >= 11 is 0. The summed E-state index contributed by atoms with van der Waals surface area (Å²) in [4.78, 5) is 18.3. The Kier molecular flexibility index (Phi) is 7.18. The van der Waals surface area contributed by atoms with Gasteiger partial charge in [0.05, 0.1) is 0 Å². The maximum absolute atomic E-state index is 13.8. The lowest BCUT2D eigenvalue weighted by Crippen LogP contribution is -2.44. The fourth-order valence-corrected chi connectivity index (χ4v) is 3.32. The normalized spacial score (nSPS) is 18.8. The minimum absolute atomic E-state index is 0.129. The van der Waals surface area contributed by atoms with Gasteiger partial charge in [-0.25, -0.2) is 4.39 Å². The number of hydrogen-bond donors (Lipinski definition) is 0. The largest absolute Gasteiger partial charge is 0.341 e. The summed E-state index contributed by atoms with van der Waals surface area (Å²) in [5, 5.41) is 0. The van der Waals surface area contributed by atoms with E-state index in [0.717, 1.165) is 51.1 Å². The van der Waals surface area contributed by atoms with Crippen LogP contribution < -0.4 is 0 Å². The Morgan fingerprint density at radius 1 is 1.29 bits per heavy atom. The van der Waals surface area contributed by atoms with Gasteiger partial charge in [0.1, 0.15) is 5.82 Å². The first kappa shape index (κ1) is 18.9. The van der Waals surface area contributed by atoms with Gasteiger partial charge in [-0.2, -0.15) is 0 Å². The molecule has 0 saturated carbocycles. The van der Waals surface area contributed by atoms with Gasteiger partial charge in [-0.1, -0.05) is 18.2 Å². The summed E-state index contributed by atoms with van der Waals surface area (Å²) in [6.45, 7) is 6.69. The number of carbonyl (C=O) groups excluding carboxylic acids is 1. The molecule has 0 aromatic heterocycles. The second-order valence-corrected chi connectivity index (χ2v) is 7.10. The smallest absolute Gasteiger partial charge is 0.219 e. The van der Waals surface area contributed by atoms with E-state index in [1.54, 1.807) is 13.0 Å². The number of rotatable bonds is 7. The zero-order chi connectivity index (χ0) is 17.5. The zero-order valence-electron chi connectivity index (χ0n) is 15.2. The van der Waals surface area contributed by atoms with Gasteiger partial charge >= 0.3 is 0 Å². The van der Waals surface area contributed by atoms with E-state index >= 15 is 0 Å². The molecule has 0 spiro atoms. The average molecular weight is 335 g/mol. The molecule has 1 aromatic carbocycles. The van der Waals surface area contributed by atoms with Crippen molar-refractivity contribution in [2.45, 2.75) is 26.3 Å². The van der Waals surface area contributed by atoms with E-state index in [1.165, 1.54) is 6.07 Å². The minimum Gasteiger partial charge on any atom is -0.341 e. The number of carbonyl (C=O) groups is 1. The monoisotopic (exact) mass is 335 g/mol. The van der Waals surface area contributed by atoms with Crippen LogP contribution in [-0.4, -0.2) is 67.4 Å². The van der Waals surface area contributed by atoms with Gasteiger partial charge in [0, 0.05) is 45.2 Å². The van der Waals surface area contributed by atoms with Crippen molar-refractivity contribution in [3.63, 3.8) is 0 Å². The molecule has 0 radical (unpaired) electrons. The molecule has 0 N–H and O–H groups in total. The Balaban J connectivity index is 1.89. The number of piperidine rings is 1. The van der Waals surface area contributed by atoms with Crippen LogP contribution in [0.3, 0.4) is 0 Å². The number of hydrogen-bond acceptors (Lipinski definition) is 3. The Hall–Kier alpha value is -1.46. The Morgan fingerprint density at radius 2 is 2.04 bits per heavy atom. The van der Waals surface area contributed by atoms with E-state index in [2.05, 4.69) is 9.80 Å². The molecule has 1 aromatic rings. The molecule has 0 bridgehead atoms. The maximum atomic E-state index is 13.8. The molecule has 2 rings (SSSR count). The highest BCUT2D eigenvalue weighted by molar-refractivity contribution is 5.73. The highest BCUT2D eigenvalue weighted by atomic mass is 19.1. The van der Waals surface area contributed by atoms with Crippen LogP contribution in [0.15, 0.2) is 24.3 Å². The lowest BCUT2D eigenvalue weighted by atomic mass is 9.96. The van der Waals surface area contributed by atoms with E-state index in [9.17, 15) is 9.18 Å². The molecule has 1 unspecified atom stereocenters. The molecule has 134 valence electrons. The van der Waals surface area contributed by atoms with Crippen molar-refractivity contribution in [3.05, 3.63) is 35.6 Å². The number of likely N-dealkylation sites (tertiary alicyclic amines) is 1. The molecule has 1 aliphatic heterocycles. The first-order chi connectivity index (χ1) is 11.5. The summed E-state index contributed by atoms with van der Waals surface area (Å²) in [5.41, 5.74) is 0.759. The lowest BCUT2D eigenvalue weighted by molar-refractivity contribution is -0.129. The zero-order valence-corrected chi connectivity index (χ0v) is 15.2. The highest BCUT2D eigenvalue weighted by Gasteiger charge is 2.23. The molecular formula is C19H30FN3O. The predicted octanol–water partition coefficient (Wildman–Crippen LogP) is 2.45. The van der Waals surface area contributed by atoms with Gasteiger partial charge in [0.25, 0.3) is 0 Å². The van der Waals surface area contributed by atoms with Crippen LogP contribution in [0.2, 0.25) is 0 Å². The number of amides is 1. The molecule has 0 aliphatic carbocycles. The molecule has 1 aliphatic rings. The predicted molar refractivity (Wildman–Crippen MR) is 95.2 cm³/mol. The van der Waals surface area contributed by atoms with Crippen molar-refractivity contribution in [2.75, 3.05) is 46.8 Å². The van der Waals surface area contributed by atoms with Gasteiger partial charge in [0.2, 0.25) is 5.91 Å². The Bertz CT molecular complexity index is 535. The molecule has 1 atom stereocenters. The SMILES string of the molecule is CC(=O)N(CCN(C)C)CC1CCCN(Cc2ccccc2F)C1. The van der Waals surface area contributed by atoms with Crippen molar-refractivity contribution in [3.8, 4) is 0 Å². The summed E-state index contributed by atoms with van der Waals surface area (Å²) in [6.07, 6.45) is 2.25. The van der Waals surface area contributed by atoms with Gasteiger partial charge < -0.3 is 9.80 Å². The molecule has 1 amide bonds. The van der Waals surface area contributed by atoms with Crippen LogP contribution in [0.4, 0.5) is 4.39 Å². The van der Waals surface area contributed by atoms with Gasteiger partial charge in [-0.3, -0.25) is 9.69 Å². The van der Waals surface area contributed by atoms with E-state index < -0.39 is 0 Å². The second kappa shape index (κ2) is 9.14. The van der Waals surface area contributed by atoms with Crippen molar-refractivity contribution >= 4 is 5.91 Å². The standard InChI is InChI=1S/C19H30FN3O/c1-16(24)23(12-11-21(2)3)14-17-7-6-10-22(13-17)15-18-8-4-5-9-19(18)20/h4-5,8-9,17H,6-7,10-15H2,1-3H3. The van der Waals surface area contributed by atoms with Crippen LogP contribution in [0.5, 0.6) is 0 Å². The first-order valence-electron chi connectivity index (χ1n) is 8.81. The van der Waals surface area contributed by atoms with Crippen LogP contribution in [0.25, 0.3) is 0 Å². The molecule has 4 nitrogen and oxygen atoms in total. The summed E-state index contributed by atoms with van der Waals surface area (Å²) in [6, 6.07) is 7.00. The van der Waals surface area contributed by atoms with Crippen LogP contribution >= 0.6 is 0 Å². The summed E-state index contributed by atoms with van der Waals surface area (Å²) in [5.74, 6) is 0.482. The fourth-order valence-electron chi connectivity index (χ4n) is 3.32. The molecular weight excluding hydrogens is 305 g/mol. The third-order valence-electron chi connectivity index (χ3n) is 4.70. The van der Waals surface area contributed by atoms with Crippen LogP contribution in [0, 0.1) is 11.7 Å². The summed E-state index contributed by atoms with van der Waals surface area (Å²) in [7, 11) is 4.05. The van der Waals surface area contributed by atoms with E-state index in [-0.39, 0.29) is 11.7 Å². The number of benzene rings is 1. The fraction of sp³-hybridized carbons (Fsp3) is 0.632. The molecule has 24 heavy (non-hydrogen) atoms. The minimum atomic E-state index is -0.129. The molecule has 1 fully saturated rings. The third kappa shape index (κ3) is 5.87. The average Bonchev–Trinajstić information content (AvgIpc) is 2.53. The van der Waals surface area contributed by atoms with Crippen molar-refractivity contribution in [2.24, 2.45) is 5.92 Å². The molecule has 5 heteroatoms. The topological polar surface area (TPSA) is 26.8 Å². The lowest BCUT2D eigenvalue weighted by Gasteiger charge is -2.35. The Labute approximate surface area is 145 Å². The second-order valence-electron chi connectivity index (χ2n) is 7.10. The van der Waals surface area contributed by atoms with Gasteiger partial charge in [0.15, 0.2) is 0 Å². The Morgan fingerprint density at radius 3 is 2.71 bits per heavy atom. The van der Waals surface area contributed by atoms with Crippen molar-refractivity contribution < 1.29 is 9.18 Å². The van der Waals surface area contributed by atoms with E-state index in [1.807, 2.05) is 31.1 Å².